The summed E-state index contributed by atoms with van der Waals surface area (Å²) in [5.41, 5.74) is 2.05. The summed E-state index contributed by atoms with van der Waals surface area (Å²) in [4.78, 5) is 17.1. The molecule has 1 fully saturated rings. The molecule has 0 aliphatic carbocycles. The van der Waals surface area contributed by atoms with Gasteiger partial charge >= 0.3 is 6.18 Å². The zero-order chi connectivity index (χ0) is 24.2. The Morgan fingerprint density at radius 3 is 1.79 bits per heavy atom. The first kappa shape index (κ1) is 25.4. The molecule has 33 heavy (non-hydrogen) atoms. The summed E-state index contributed by atoms with van der Waals surface area (Å²) in [6, 6.07) is 14.1. The Morgan fingerprint density at radius 1 is 0.909 bits per heavy atom. The van der Waals surface area contributed by atoms with E-state index in [1.807, 2.05) is 24.3 Å². The maximum atomic E-state index is 13.0. The Kier molecular flexibility index (Phi) is 7.95. The number of carbonyl (C=O) groups is 1. The van der Waals surface area contributed by atoms with Crippen molar-refractivity contribution in [1.82, 2.24) is 5.32 Å². The minimum Gasteiger partial charge on any atom is -0.368 e. The van der Waals surface area contributed by atoms with Crippen LogP contribution in [0.15, 0.2) is 53.0 Å². The lowest BCUT2D eigenvalue weighted by Crippen LogP contribution is -2.51. The highest BCUT2D eigenvalue weighted by molar-refractivity contribution is 9.10. The largest absolute Gasteiger partial charge is 0.391 e. The standard InChI is InChI=1S/C24H30BrF3N4O/c1-23(2,3)30-21(16-24(26,27)28)22(33)29-18-6-10-20(11-7-18)32-14-12-31(13-15-32)19-8-4-17(25)5-9-19/h4-11,21,30H,12-16H2,1-3H3,(H,29,33). The molecular weight excluding hydrogens is 497 g/mol. The smallest absolute Gasteiger partial charge is 0.368 e. The zero-order valence-corrected chi connectivity index (χ0v) is 20.6. The van der Waals surface area contributed by atoms with Crippen LogP contribution in [0.2, 0.25) is 0 Å². The van der Waals surface area contributed by atoms with E-state index in [1.165, 1.54) is 5.69 Å². The van der Waals surface area contributed by atoms with E-state index in [4.69, 9.17) is 0 Å². The first-order valence-corrected chi connectivity index (χ1v) is 11.7. The molecule has 1 atom stereocenters. The maximum Gasteiger partial charge on any atom is 0.391 e. The second-order valence-corrected chi connectivity index (χ2v) is 10.2. The lowest BCUT2D eigenvalue weighted by Gasteiger charge is -2.37. The average Bonchev–Trinajstić information content (AvgIpc) is 2.72. The van der Waals surface area contributed by atoms with Crippen molar-refractivity contribution >= 4 is 38.9 Å². The lowest BCUT2D eigenvalue weighted by atomic mass is 10.0. The number of benzene rings is 2. The van der Waals surface area contributed by atoms with E-state index in [0.717, 1.165) is 36.3 Å². The third-order valence-corrected chi connectivity index (χ3v) is 5.86. The first-order valence-electron chi connectivity index (χ1n) is 10.9. The van der Waals surface area contributed by atoms with Gasteiger partial charge in [-0.3, -0.25) is 4.79 Å². The van der Waals surface area contributed by atoms with Crippen LogP contribution in [0.5, 0.6) is 0 Å². The number of hydrogen-bond acceptors (Lipinski definition) is 4. The molecule has 9 heteroatoms. The third kappa shape index (κ3) is 7.92. The highest BCUT2D eigenvalue weighted by Gasteiger charge is 2.37. The van der Waals surface area contributed by atoms with Crippen LogP contribution in [0.25, 0.3) is 0 Å². The normalized spacial score (nSPS) is 16.0. The number of anilines is 3. The molecule has 1 aliphatic rings. The number of alkyl halides is 3. The predicted octanol–water partition coefficient (Wildman–Crippen LogP) is 5.42. The molecule has 1 saturated heterocycles. The minimum atomic E-state index is -4.44. The van der Waals surface area contributed by atoms with Gasteiger partial charge < -0.3 is 20.4 Å². The summed E-state index contributed by atoms with van der Waals surface area (Å²) in [7, 11) is 0. The maximum absolute atomic E-state index is 13.0. The van der Waals surface area contributed by atoms with Crippen molar-refractivity contribution in [3.63, 3.8) is 0 Å². The Balaban J connectivity index is 1.58. The number of piperazine rings is 1. The monoisotopic (exact) mass is 526 g/mol. The van der Waals surface area contributed by atoms with Crippen LogP contribution in [0.1, 0.15) is 27.2 Å². The Bertz CT molecular complexity index is 903. The van der Waals surface area contributed by atoms with E-state index in [9.17, 15) is 18.0 Å². The van der Waals surface area contributed by atoms with E-state index in [1.54, 1.807) is 32.9 Å². The van der Waals surface area contributed by atoms with Crippen molar-refractivity contribution in [3.8, 4) is 0 Å². The van der Waals surface area contributed by atoms with Gasteiger partial charge in [0.2, 0.25) is 5.91 Å². The number of nitrogens with one attached hydrogen (secondary N) is 2. The van der Waals surface area contributed by atoms with E-state index in [-0.39, 0.29) is 0 Å². The summed E-state index contributed by atoms with van der Waals surface area (Å²) < 4.78 is 39.9. The van der Waals surface area contributed by atoms with Crippen molar-refractivity contribution in [2.24, 2.45) is 0 Å². The molecule has 2 N–H and O–H groups in total. The summed E-state index contributed by atoms with van der Waals surface area (Å²) in [5, 5.41) is 5.39. The molecule has 5 nitrogen and oxygen atoms in total. The molecule has 2 aromatic rings. The van der Waals surface area contributed by atoms with Crippen molar-refractivity contribution in [3.05, 3.63) is 53.0 Å². The van der Waals surface area contributed by atoms with Crippen LogP contribution in [0.4, 0.5) is 30.2 Å². The van der Waals surface area contributed by atoms with Gasteiger partial charge in [0.05, 0.1) is 12.5 Å². The van der Waals surface area contributed by atoms with Gasteiger partial charge in [0.1, 0.15) is 0 Å². The highest BCUT2D eigenvalue weighted by atomic mass is 79.9. The van der Waals surface area contributed by atoms with E-state index < -0.39 is 30.1 Å². The molecule has 0 spiro atoms. The minimum absolute atomic E-state index is 0.472. The number of amides is 1. The van der Waals surface area contributed by atoms with Crippen LogP contribution >= 0.6 is 15.9 Å². The quantitative estimate of drug-likeness (QED) is 0.527. The summed E-state index contributed by atoms with van der Waals surface area (Å²) in [6.07, 6.45) is -5.67. The molecule has 180 valence electrons. The molecule has 2 aromatic carbocycles. The molecule has 3 rings (SSSR count). The van der Waals surface area contributed by atoms with Crippen molar-refractivity contribution in [1.29, 1.82) is 0 Å². The SMILES string of the molecule is CC(C)(C)NC(CC(F)(F)F)C(=O)Nc1ccc(N2CCN(c3ccc(Br)cc3)CC2)cc1. The second kappa shape index (κ2) is 10.3. The number of carbonyl (C=O) groups excluding carboxylic acids is 1. The molecule has 1 heterocycles. The molecule has 0 saturated carbocycles. The summed E-state index contributed by atoms with van der Waals surface area (Å²) in [5.74, 6) is -0.696. The first-order chi connectivity index (χ1) is 15.4. The van der Waals surface area contributed by atoms with Gasteiger partial charge in [0.15, 0.2) is 0 Å². The van der Waals surface area contributed by atoms with Gasteiger partial charge in [0, 0.05) is 53.3 Å². The topological polar surface area (TPSA) is 47.6 Å². The van der Waals surface area contributed by atoms with Gasteiger partial charge in [-0.15, -0.1) is 0 Å². The molecule has 1 unspecified atom stereocenters. The van der Waals surface area contributed by atoms with E-state index in [0.29, 0.717) is 5.69 Å². The number of nitrogens with zero attached hydrogens (tertiary/aromatic N) is 2. The van der Waals surface area contributed by atoms with Crippen LogP contribution in [-0.4, -0.2) is 49.8 Å². The molecule has 0 radical (unpaired) electrons. The predicted molar refractivity (Wildman–Crippen MR) is 131 cm³/mol. The van der Waals surface area contributed by atoms with Crippen molar-refractivity contribution < 1.29 is 18.0 Å². The van der Waals surface area contributed by atoms with E-state index in [2.05, 4.69) is 48.5 Å². The third-order valence-electron chi connectivity index (χ3n) is 5.33. The fourth-order valence-corrected chi connectivity index (χ4v) is 4.09. The van der Waals surface area contributed by atoms with Crippen LogP contribution in [0, 0.1) is 0 Å². The second-order valence-electron chi connectivity index (χ2n) is 9.25. The Hall–Kier alpha value is -2.26. The van der Waals surface area contributed by atoms with Gasteiger partial charge in [-0.05, 0) is 69.3 Å². The van der Waals surface area contributed by atoms with E-state index >= 15 is 0 Å². The molecular formula is C24H30BrF3N4O. The summed E-state index contributed by atoms with van der Waals surface area (Å²) >= 11 is 3.46. The lowest BCUT2D eigenvalue weighted by molar-refractivity contribution is -0.148. The van der Waals surface area contributed by atoms with Crippen LogP contribution in [-0.2, 0) is 4.79 Å². The average molecular weight is 527 g/mol. The number of hydrogen-bond donors (Lipinski definition) is 2. The number of rotatable bonds is 6. The van der Waals surface area contributed by atoms with Crippen molar-refractivity contribution in [2.75, 3.05) is 41.3 Å². The number of halogens is 4. The molecule has 1 aliphatic heterocycles. The van der Waals surface area contributed by atoms with Crippen molar-refractivity contribution in [2.45, 2.75) is 44.9 Å². The zero-order valence-electron chi connectivity index (χ0n) is 19.0. The van der Waals surface area contributed by atoms with Gasteiger partial charge in [0.25, 0.3) is 0 Å². The van der Waals surface area contributed by atoms with Gasteiger partial charge in [-0.25, -0.2) is 0 Å². The summed E-state index contributed by atoms with van der Waals surface area (Å²) in [6.45, 7) is 8.67. The van der Waals surface area contributed by atoms with Crippen LogP contribution in [0.3, 0.4) is 0 Å². The molecule has 1 amide bonds. The molecule has 0 aromatic heterocycles. The fraction of sp³-hybridized carbons (Fsp3) is 0.458. The molecule has 0 bridgehead atoms. The Labute approximate surface area is 201 Å². The highest BCUT2D eigenvalue weighted by Crippen LogP contribution is 2.25. The van der Waals surface area contributed by atoms with Gasteiger partial charge in [-0.2, -0.15) is 13.2 Å². The Morgan fingerprint density at radius 2 is 1.36 bits per heavy atom. The van der Waals surface area contributed by atoms with Gasteiger partial charge in [-0.1, -0.05) is 15.9 Å². The van der Waals surface area contributed by atoms with Crippen LogP contribution < -0.4 is 20.4 Å². The fourth-order valence-electron chi connectivity index (χ4n) is 3.82.